The molecule has 0 spiro atoms. The summed E-state index contributed by atoms with van der Waals surface area (Å²) in [6, 6.07) is 22.6. The number of esters is 1. The standard InChI is InChI=1S/C30H29NO6/c1-20-24-15-16-26(21(2)28(24)37-29(33)25(20)18-22-10-5-3-6-11-22)36-27(32)14-9-17-31-30(34)35-19-23-12-7-4-8-13-23/h3-8,10-13,15-16H,9,14,17-19H2,1-2H3,(H,31,34). The van der Waals surface area contributed by atoms with Crippen molar-refractivity contribution in [1.29, 1.82) is 0 Å². The van der Waals surface area contributed by atoms with Crippen molar-refractivity contribution in [3.8, 4) is 5.75 Å². The fourth-order valence-corrected chi connectivity index (χ4v) is 4.06. The maximum absolute atomic E-state index is 12.8. The molecular formula is C30H29NO6. The summed E-state index contributed by atoms with van der Waals surface area (Å²) in [7, 11) is 0. The van der Waals surface area contributed by atoms with E-state index < -0.39 is 17.7 Å². The molecule has 7 heteroatoms. The molecule has 0 atom stereocenters. The van der Waals surface area contributed by atoms with Crippen molar-refractivity contribution in [2.75, 3.05) is 6.54 Å². The lowest BCUT2D eigenvalue weighted by atomic mass is 9.98. The van der Waals surface area contributed by atoms with Crippen molar-refractivity contribution in [3.63, 3.8) is 0 Å². The van der Waals surface area contributed by atoms with Gasteiger partial charge in [0, 0.05) is 35.9 Å². The Morgan fingerprint density at radius 3 is 2.24 bits per heavy atom. The first-order valence-corrected chi connectivity index (χ1v) is 12.2. The van der Waals surface area contributed by atoms with E-state index in [1.54, 1.807) is 13.0 Å². The van der Waals surface area contributed by atoms with Crippen molar-refractivity contribution in [2.45, 2.75) is 39.7 Å². The van der Waals surface area contributed by atoms with Gasteiger partial charge in [-0.15, -0.1) is 0 Å². The number of carbonyl (C=O) groups excluding carboxylic acids is 2. The van der Waals surface area contributed by atoms with Crippen molar-refractivity contribution < 1.29 is 23.5 Å². The van der Waals surface area contributed by atoms with E-state index in [1.165, 1.54) is 0 Å². The quantitative estimate of drug-likeness (QED) is 0.139. The van der Waals surface area contributed by atoms with Crippen LogP contribution in [0.3, 0.4) is 0 Å². The normalized spacial score (nSPS) is 10.8. The fraction of sp³-hybridized carbons (Fsp3) is 0.233. The lowest BCUT2D eigenvalue weighted by Crippen LogP contribution is -2.26. The van der Waals surface area contributed by atoms with Gasteiger partial charge in [-0.25, -0.2) is 9.59 Å². The first kappa shape index (κ1) is 25.7. The topological polar surface area (TPSA) is 94.8 Å². The SMILES string of the molecule is Cc1c(Cc2ccccc2)c(=O)oc2c(C)c(OC(=O)CCCNC(=O)OCc3ccccc3)ccc12. The lowest BCUT2D eigenvalue weighted by molar-refractivity contribution is -0.134. The molecule has 1 aromatic heterocycles. The molecule has 7 nitrogen and oxygen atoms in total. The van der Waals surface area contributed by atoms with Crippen molar-refractivity contribution in [3.05, 3.63) is 111 Å². The molecule has 1 amide bonds. The fourth-order valence-electron chi connectivity index (χ4n) is 4.06. The summed E-state index contributed by atoms with van der Waals surface area (Å²) in [5, 5.41) is 3.43. The second-order valence-electron chi connectivity index (χ2n) is 8.79. The van der Waals surface area contributed by atoms with E-state index in [2.05, 4.69) is 5.32 Å². The van der Waals surface area contributed by atoms with Gasteiger partial charge in [-0.3, -0.25) is 4.79 Å². The predicted octanol–water partition coefficient (Wildman–Crippen LogP) is 5.61. The summed E-state index contributed by atoms with van der Waals surface area (Å²) >= 11 is 0. The lowest BCUT2D eigenvalue weighted by Gasteiger charge is -2.13. The van der Waals surface area contributed by atoms with Crippen LogP contribution in [0.2, 0.25) is 0 Å². The number of hydrogen-bond donors (Lipinski definition) is 1. The van der Waals surface area contributed by atoms with Crippen LogP contribution < -0.4 is 15.7 Å². The number of aryl methyl sites for hydroxylation is 2. The number of alkyl carbamates (subject to hydrolysis) is 1. The molecule has 0 aliphatic carbocycles. The molecule has 37 heavy (non-hydrogen) atoms. The smallest absolute Gasteiger partial charge is 0.407 e. The summed E-state index contributed by atoms with van der Waals surface area (Å²) in [6.07, 6.45) is 0.437. The van der Waals surface area contributed by atoms with Gasteiger partial charge in [0.1, 0.15) is 17.9 Å². The minimum atomic E-state index is -0.542. The third-order valence-corrected chi connectivity index (χ3v) is 6.14. The summed E-state index contributed by atoms with van der Waals surface area (Å²) in [4.78, 5) is 37.0. The van der Waals surface area contributed by atoms with Crippen molar-refractivity contribution >= 4 is 23.0 Å². The van der Waals surface area contributed by atoms with Crippen LogP contribution >= 0.6 is 0 Å². The number of rotatable bonds is 9. The molecule has 0 saturated carbocycles. The first-order valence-electron chi connectivity index (χ1n) is 12.2. The van der Waals surface area contributed by atoms with Gasteiger partial charge in [0.2, 0.25) is 0 Å². The number of ether oxygens (including phenoxy) is 2. The van der Waals surface area contributed by atoms with E-state index in [4.69, 9.17) is 13.9 Å². The summed E-state index contributed by atoms with van der Waals surface area (Å²) in [5.74, 6) is -0.104. The Kier molecular flexibility index (Phi) is 8.36. The minimum Gasteiger partial charge on any atom is -0.445 e. The Hall–Kier alpha value is -4.39. The van der Waals surface area contributed by atoms with Gasteiger partial charge in [0.05, 0.1) is 0 Å². The highest BCUT2D eigenvalue weighted by atomic mass is 16.5. The van der Waals surface area contributed by atoms with Crippen LogP contribution in [0.4, 0.5) is 4.79 Å². The predicted molar refractivity (Wildman–Crippen MR) is 141 cm³/mol. The van der Waals surface area contributed by atoms with E-state index >= 15 is 0 Å². The Balaban J connectivity index is 1.32. The monoisotopic (exact) mass is 499 g/mol. The third kappa shape index (κ3) is 6.64. The van der Waals surface area contributed by atoms with Crippen LogP contribution in [0.25, 0.3) is 11.0 Å². The average molecular weight is 500 g/mol. The maximum atomic E-state index is 12.8. The molecule has 0 aliphatic rings. The first-order chi connectivity index (χ1) is 17.9. The molecule has 190 valence electrons. The highest BCUT2D eigenvalue weighted by molar-refractivity contribution is 5.86. The second kappa shape index (κ2) is 12.0. The molecule has 1 N–H and O–H groups in total. The van der Waals surface area contributed by atoms with E-state index in [0.29, 0.717) is 35.3 Å². The van der Waals surface area contributed by atoms with Gasteiger partial charge >= 0.3 is 17.7 Å². The van der Waals surface area contributed by atoms with E-state index in [9.17, 15) is 14.4 Å². The zero-order chi connectivity index (χ0) is 26.2. The second-order valence-corrected chi connectivity index (χ2v) is 8.79. The van der Waals surface area contributed by atoms with Crippen LogP contribution in [0.5, 0.6) is 5.75 Å². The van der Waals surface area contributed by atoms with Crippen LogP contribution in [0, 0.1) is 13.8 Å². The number of nitrogens with one attached hydrogen (secondary N) is 1. The molecular weight excluding hydrogens is 470 g/mol. The Bertz CT molecular complexity index is 1440. The molecule has 4 aromatic rings. The zero-order valence-corrected chi connectivity index (χ0v) is 20.9. The number of benzene rings is 3. The molecule has 0 unspecified atom stereocenters. The largest absolute Gasteiger partial charge is 0.445 e. The summed E-state index contributed by atoms with van der Waals surface area (Å²) in [5.41, 5.74) is 3.97. The highest BCUT2D eigenvalue weighted by Crippen LogP contribution is 2.30. The highest BCUT2D eigenvalue weighted by Gasteiger charge is 2.17. The zero-order valence-electron chi connectivity index (χ0n) is 20.9. The third-order valence-electron chi connectivity index (χ3n) is 6.14. The number of hydrogen-bond acceptors (Lipinski definition) is 6. The van der Waals surface area contributed by atoms with Gasteiger partial charge < -0.3 is 19.2 Å². The average Bonchev–Trinajstić information content (AvgIpc) is 2.91. The van der Waals surface area contributed by atoms with Gasteiger partial charge in [-0.1, -0.05) is 60.7 Å². The molecule has 0 aliphatic heterocycles. The van der Waals surface area contributed by atoms with E-state index in [-0.39, 0.29) is 19.6 Å². The van der Waals surface area contributed by atoms with Gasteiger partial charge in [-0.2, -0.15) is 0 Å². The van der Waals surface area contributed by atoms with Gasteiger partial charge in [0.25, 0.3) is 0 Å². The number of carbonyl (C=O) groups is 2. The van der Waals surface area contributed by atoms with Crippen LogP contribution in [-0.4, -0.2) is 18.6 Å². The molecule has 0 fully saturated rings. The Morgan fingerprint density at radius 2 is 1.54 bits per heavy atom. The Labute approximate surface area is 215 Å². The molecule has 0 saturated heterocycles. The van der Waals surface area contributed by atoms with Crippen LogP contribution in [0.15, 0.2) is 82.0 Å². The minimum absolute atomic E-state index is 0.107. The van der Waals surface area contributed by atoms with Gasteiger partial charge in [-0.05, 0) is 49.1 Å². The number of fused-ring (bicyclic) bond motifs is 1. The van der Waals surface area contributed by atoms with Crippen LogP contribution in [-0.2, 0) is 22.6 Å². The molecule has 0 radical (unpaired) electrons. The molecule has 4 rings (SSSR count). The van der Waals surface area contributed by atoms with Crippen molar-refractivity contribution in [2.24, 2.45) is 0 Å². The number of amides is 1. The summed E-state index contributed by atoms with van der Waals surface area (Å²) < 4.78 is 16.3. The Morgan fingerprint density at radius 1 is 0.865 bits per heavy atom. The van der Waals surface area contributed by atoms with E-state index in [1.807, 2.05) is 73.7 Å². The van der Waals surface area contributed by atoms with E-state index in [0.717, 1.165) is 22.1 Å². The molecule has 1 heterocycles. The van der Waals surface area contributed by atoms with Gasteiger partial charge in [0.15, 0.2) is 0 Å². The maximum Gasteiger partial charge on any atom is 0.407 e. The molecule has 3 aromatic carbocycles. The van der Waals surface area contributed by atoms with Crippen molar-refractivity contribution in [1.82, 2.24) is 5.32 Å². The molecule has 0 bridgehead atoms. The van der Waals surface area contributed by atoms with Crippen LogP contribution in [0.1, 0.15) is 40.7 Å². The summed E-state index contributed by atoms with van der Waals surface area (Å²) in [6.45, 7) is 4.12.